The molecule has 0 unspecified atom stereocenters. The van der Waals surface area contributed by atoms with E-state index in [1.807, 2.05) is 12.1 Å². The second kappa shape index (κ2) is 11.3. The van der Waals surface area contributed by atoms with Crippen molar-refractivity contribution in [1.29, 1.82) is 10.5 Å². The predicted octanol–water partition coefficient (Wildman–Crippen LogP) is 10.5. The van der Waals surface area contributed by atoms with Crippen LogP contribution in [0.2, 0.25) is 0 Å². The van der Waals surface area contributed by atoms with Crippen LogP contribution in [-0.2, 0) is 19.3 Å². The van der Waals surface area contributed by atoms with Crippen LogP contribution in [0.4, 0.5) is 0 Å². The lowest BCUT2D eigenvalue weighted by atomic mass is 9.94. The Morgan fingerprint density at radius 1 is 0.562 bits per heavy atom. The molecule has 48 heavy (non-hydrogen) atoms. The zero-order valence-electron chi connectivity index (χ0n) is 26.6. The Morgan fingerprint density at radius 3 is 2.04 bits per heavy atom. The molecule has 228 valence electrons. The van der Waals surface area contributed by atoms with Gasteiger partial charge in [0.05, 0.1) is 39.6 Å². The van der Waals surface area contributed by atoms with E-state index in [1.165, 1.54) is 51.6 Å². The predicted molar refractivity (Wildman–Crippen MR) is 194 cm³/mol. The largest absolute Gasteiger partial charge is 0.313 e. The fourth-order valence-corrected chi connectivity index (χ4v) is 8.16. The van der Waals surface area contributed by atoms with Gasteiger partial charge in [0.15, 0.2) is 0 Å². The van der Waals surface area contributed by atoms with Crippen molar-refractivity contribution in [2.24, 2.45) is 0 Å². The molecule has 4 heteroatoms. The zero-order valence-corrected chi connectivity index (χ0v) is 26.6. The Kier molecular flexibility index (Phi) is 6.63. The molecule has 4 nitrogen and oxygen atoms in total. The number of nitrogens with zero attached hydrogens (tertiary/aromatic N) is 4. The Balaban J connectivity index is 1.18. The molecule has 0 aliphatic heterocycles. The topological polar surface area (TPSA) is 57.4 Å². The number of rotatable bonds is 4. The van der Waals surface area contributed by atoms with Crippen molar-refractivity contribution in [2.75, 3.05) is 0 Å². The van der Waals surface area contributed by atoms with Crippen molar-refractivity contribution in [3.63, 3.8) is 0 Å². The number of fused-ring (bicyclic) bond motifs is 6. The maximum atomic E-state index is 10.6. The molecule has 0 saturated carbocycles. The summed E-state index contributed by atoms with van der Waals surface area (Å²) in [5, 5.41) is 23.1. The highest BCUT2D eigenvalue weighted by Crippen LogP contribution is 2.40. The van der Waals surface area contributed by atoms with Gasteiger partial charge in [0.2, 0.25) is 0 Å². The van der Waals surface area contributed by atoms with Crippen molar-refractivity contribution >= 4 is 27.9 Å². The molecule has 5 aromatic carbocycles. The van der Waals surface area contributed by atoms with Crippen LogP contribution in [-0.4, -0.2) is 9.13 Å². The molecule has 2 aliphatic carbocycles. The van der Waals surface area contributed by atoms with Gasteiger partial charge in [-0.15, -0.1) is 0 Å². The minimum Gasteiger partial charge on any atom is -0.313 e. The number of benzene rings is 5. The van der Waals surface area contributed by atoms with E-state index in [-0.39, 0.29) is 0 Å². The van der Waals surface area contributed by atoms with Gasteiger partial charge >= 0.3 is 0 Å². The van der Waals surface area contributed by atoms with Crippen LogP contribution in [0.5, 0.6) is 0 Å². The number of allylic oxidation sites excluding steroid dienone is 1. The normalized spacial score (nSPS) is 13.6. The summed E-state index contributed by atoms with van der Waals surface area (Å²) in [7, 11) is 0. The first kappa shape index (κ1) is 28.1. The maximum absolute atomic E-state index is 10.6. The third kappa shape index (κ3) is 4.27. The van der Waals surface area contributed by atoms with Gasteiger partial charge in [0.25, 0.3) is 0 Å². The molecule has 0 atom stereocenters. The third-order valence-corrected chi connectivity index (χ3v) is 10.3. The molecule has 0 spiro atoms. The van der Waals surface area contributed by atoms with E-state index in [9.17, 15) is 10.5 Å². The van der Waals surface area contributed by atoms with Crippen molar-refractivity contribution in [2.45, 2.75) is 38.5 Å². The molecule has 2 aromatic heterocycles. The van der Waals surface area contributed by atoms with Crippen LogP contribution in [0.15, 0.2) is 115 Å². The van der Waals surface area contributed by atoms with Gasteiger partial charge in [-0.25, -0.2) is 0 Å². The molecule has 0 saturated heterocycles. The average molecular weight is 617 g/mol. The zero-order chi connectivity index (χ0) is 32.2. The number of aryl methyl sites for hydroxylation is 2. The van der Waals surface area contributed by atoms with Gasteiger partial charge in [-0.3, -0.25) is 0 Å². The summed E-state index contributed by atoms with van der Waals surface area (Å²) in [5.74, 6) is 0. The number of para-hydroxylation sites is 2. The van der Waals surface area contributed by atoms with Crippen LogP contribution in [0, 0.1) is 22.7 Å². The maximum Gasteiger partial charge on any atom is 0.102 e. The van der Waals surface area contributed by atoms with Crippen molar-refractivity contribution < 1.29 is 0 Å². The minimum absolute atomic E-state index is 0.651. The van der Waals surface area contributed by atoms with Gasteiger partial charge in [-0.2, -0.15) is 10.5 Å². The van der Waals surface area contributed by atoms with Crippen LogP contribution in [0.25, 0.3) is 61.5 Å². The molecule has 0 bridgehead atoms. The quantitative estimate of drug-likeness (QED) is 0.198. The van der Waals surface area contributed by atoms with Crippen molar-refractivity contribution in [3.05, 3.63) is 149 Å². The molecule has 0 radical (unpaired) electrons. The van der Waals surface area contributed by atoms with Crippen LogP contribution in [0.3, 0.4) is 0 Å². The van der Waals surface area contributed by atoms with Crippen LogP contribution < -0.4 is 0 Å². The van der Waals surface area contributed by atoms with E-state index < -0.39 is 0 Å². The highest BCUT2D eigenvalue weighted by atomic mass is 15.0. The summed E-state index contributed by atoms with van der Waals surface area (Å²) in [6.45, 7) is 0. The van der Waals surface area contributed by atoms with E-state index in [4.69, 9.17) is 0 Å². The Hall–Kier alpha value is -6.10. The lowest BCUT2D eigenvalue weighted by Gasteiger charge is -2.19. The minimum atomic E-state index is 0.651. The Bertz CT molecular complexity index is 2530. The number of hydrogen-bond donors (Lipinski definition) is 0. The van der Waals surface area contributed by atoms with E-state index in [0.29, 0.717) is 11.1 Å². The standard InChI is InChI=1S/C44H32N4/c45-27-29-20-25-33(44(26-29)48-41-17-7-3-12-36(41)37-13-4-8-18-42(37)48)31-23-21-30(22-24-31)32-14-9-19-43(38(32)28-46)47-39-15-5-1-10-34(39)35-11-2-6-16-40(35)47/h1,3,5-7,9-10,12,14-17,19-26H,2,4,8,11,13,18H2. The van der Waals surface area contributed by atoms with Crippen molar-refractivity contribution in [3.8, 4) is 45.8 Å². The Labute approximate surface area is 280 Å². The van der Waals surface area contributed by atoms with Crippen LogP contribution in [0.1, 0.15) is 52.9 Å². The molecule has 0 N–H and O–H groups in total. The molecular formula is C44H32N4. The molecular weight excluding hydrogens is 585 g/mol. The Morgan fingerprint density at radius 2 is 1.27 bits per heavy atom. The highest BCUT2D eigenvalue weighted by molar-refractivity contribution is 5.93. The molecule has 7 aromatic rings. The molecule has 0 fully saturated rings. The van der Waals surface area contributed by atoms with E-state index in [0.717, 1.165) is 64.8 Å². The highest BCUT2D eigenvalue weighted by Gasteiger charge is 2.24. The van der Waals surface area contributed by atoms with Crippen LogP contribution >= 0.6 is 0 Å². The van der Waals surface area contributed by atoms with E-state index >= 15 is 0 Å². The second-order valence-corrected chi connectivity index (χ2v) is 12.9. The first-order valence-corrected chi connectivity index (χ1v) is 16.8. The number of nitriles is 2. The van der Waals surface area contributed by atoms with Gasteiger partial charge in [0.1, 0.15) is 6.07 Å². The SMILES string of the molecule is N#Cc1ccc(-c2ccc(-c3cccc(-n4c5c(c6ccccc64)CCC=C5)c3C#N)cc2)c(-n2c3c(c4ccccc42)CCCC3)c1. The summed E-state index contributed by atoms with van der Waals surface area (Å²) >= 11 is 0. The molecule has 2 heterocycles. The smallest absolute Gasteiger partial charge is 0.102 e. The molecule has 9 rings (SSSR count). The summed E-state index contributed by atoms with van der Waals surface area (Å²) in [5.41, 5.74) is 15.0. The van der Waals surface area contributed by atoms with E-state index in [2.05, 4.69) is 130 Å². The first-order chi connectivity index (χ1) is 23.7. The summed E-state index contributed by atoms with van der Waals surface area (Å²) in [6.07, 6.45) is 11.0. The fourth-order valence-electron chi connectivity index (χ4n) is 8.16. The van der Waals surface area contributed by atoms with Gasteiger partial charge in [-0.05, 0) is 97.2 Å². The van der Waals surface area contributed by atoms with Gasteiger partial charge in [0, 0.05) is 33.3 Å². The first-order valence-electron chi connectivity index (χ1n) is 16.8. The third-order valence-electron chi connectivity index (χ3n) is 10.3. The van der Waals surface area contributed by atoms with Gasteiger partial charge < -0.3 is 9.13 Å². The average Bonchev–Trinajstić information content (AvgIpc) is 3.67. The number of hydrogen-bond acceptors (Lipinski definition) is 2. The summed E-state index contributed by atoms with van der Waals surface area (Å²) in [6, 6.07) is 42.9. The number of aromatic nitrogens is 2. The fraction of sp³-hybridized carbons (Fsp3) is 0.136. The van der Waals surface area contributed by atoms with Gasteiger partial charge in [-0.1, -0.05) is 84.9 Å². The van der Waals surface area contributed by atoms with Crippen molar-refractivity contribution in [1.82, 2.24) is 9.13 Å². The monoisotopic (exact) mass is 616 g/mol. The van der Waals surface area contributed by atoms with E-state index in [1.54, 1.807) is 0 Å². The lowest BCUT2D eigenvalue weighted by Crippen LogP contribution is -2.08. The molecule has 2 aliphatic rings. The summed E-state index contributed by atoms with van der Waals surface area (Å²) < 4.78 is 4.67. The lowest BCUT2D eigenvalue weighted by molar-refractivity contribution is 0.667. The summed E-state index contributed by atoms with van der Waals surface area (Å²) in [4.78, 5) is 0. The second-order valence-electron chi connectivity index (χ2n) is 12.9. The molecule has 0 amide bonds.